The van der Waals surface area contributed by atoms with E-state index >= 15 is 0 Å². The summed E-state index contributed by atoms with van der Waals surface area (Å²) < 4.78 is 13.5. The van der Waals surface area contributed by atoms with Crippen LogP contribution in [0.1, 0.15) is 111 Å². The maximum absolute atomic E-state index is 13.2. The zero-order valence-corrected chi connectivity index (χ0v) is 31.5. The molecule has 8 fully saturated rings. The number of rotatable bonds is 5. The Morgan fingerprint density at radius 1 is 0.860 bits per heavy atom. The van der Waals surface area contributed by atoms with Gasteiger partial charge in [0.2, 0.25) is 11.8 Å². The van der Waals surface area contributed by atoms with Gasteiger partial charge in [0.25, 0.3) is 6.67 Å². The smallest absolute Gasteiger partial charge is 0.270 e. The van der Waals surface area contributed by atoms with E-state index < -0.39 is 0 Å². The van der Waals surface area contributed by atoms with E-state index in [-0.39, 0.29) is 30.1 Å². The molecule has 0 bridgehead atoms. The number of carbonyl (C=O) groups is 2. The molecule has 0 aromatic rings. The lowest BCUT2D eigenvalue weighted by Crippen LogP contribution is -2.56. The Bertz CT molecular complexity index is 1310. The molecule has 12 atom stereocenters. The van der Waals surface area contributed by atoms with E-state index in [1.807, 2.05) is 4.90 Å². The van der Waals surface area contributed by atoms with Gasteiger partial charge in [0.15, 0.2) is 5.79 Å². The summed E-state index contributed by atoms with van der Waals surface area (Å²) in [7, 11) is 0. The average molecular weight is 692 g/mol. The van der Waals surface area contributed by atoms with E-state index in [4.69, 9.17) is 16.0 Å². The van der Waals surface area contributed by atoms with Crippen molar-refractivity contribution < 1.29 is 19.1 Å². The van der Waals surface area contributed by atoms with E-state index in [2.05, 4.69) is 47.7 Å². The van der Waals surface area contributed by atoms with Gasteiger partial charge in [0.1, 0.15) is 6.42 Å². The number of piperazine rings is 1. The minimum atomic E-state index is -0.336. The first-order valence-corrected chi connectivity index (χ1v) is 20.7. The predicted octanol–water partition coefficient (Wildman–Crippen LogP) is 5.79. The summed E-state index contributed by atoms with van der Waals surface area (Å²) in [6.07, 6.45) is 14.6. The van der Waals surface area contributed by atoms with Gasteiger partial charge in [-0.1, -0.05) is 27.7 Å². The van der Waals surface area contributed by atoms with E-state index in [9.17, 15) is 9.59 Å². The summed E-state index contributed by atoms with van der Waals surface area (Å²) in [5, 5.41) is 3.34. The largest absolute Gasteiger partial charge is 0.353 e. The van der Waals surface area contributed by atoms with Gasteiger partial charge in [0, 0.05) is 63.7 Å². The molecule has 4 saturated heterocycles. The molecule has 0 radical (unpaired) electrons. The molecule has 2 amide bonds. The van der Waals surface area contributed by atoms with Crippen LogP contribution in [0.15, 0.2) is 0 Å². The number of nitrogens with one attached hydrogen (secondary N) is 1. The normalized spacial score (nSPS) is 46.8. The van der Waals surface area contributed by atoms with Gasteiger partial charge >= 0.3 is 0 Å². The minimum absolute atomic E-state index is 0.0180. The second-order valence-electron chi connectivity index (χ2n) is 19.0. The molecule has 9 heteroatoms. The summed E-state index contributed by atoms with van der Waals surface area (Å²) in [5.74, 6) is 4.27. The first kappa shape index (κ1) is 35.3. The van der Waals surface area contributed by atoms with Gasteiger partial charge in [-0.05, 0) is 117 Å². The van der Waals surface area contributed by atoms with E-state index in [1.54, 1.807) is 0 Å². The minimum Gasteiger partial charge on any atom is -0.353 e. The first-order valence-electron chi connectivity index (χ1n) is 20.7. The molecule has 4 aliphatic carbocycles. The number of likely N-dealkylation sites (tertiary alicyclic amines) is 1. The lowest BCUT2D eigenvalue weighted by atomic mass is 9.44. The number of amides is 2. The third-order valence-corrected chi connectivity index (χ3v) is 16.6. The molecule has 4 aliphatic heterocycles. The van der Waals surface area contributed by atoms with Crippen LogP contribution in [0.2, 0.25) is 0 Å². The van der Waals surface area contributed by atoms with E-state index in [0.29, 0.717) is 66.4 Å². The molecule has 4 saturated carbocycles. The lowest BCUT2D eigenvalue weighted by molar-refractivity contribution is -0.273. The van der Waals surface area contributed by atoms with Gasteiger partial charge in [-0.3, -0.25) is 19.3 Å². The van der Waals surface area contributed by atoms with Gasteiger partial charge < -0.3 is 19.7 Å². The van der Waals surface area contributed by atoms with Crippen molar-refractivity contribution in [1.82, 2.24) is 20.0 Å². The molecular formula is C41H65N5O4. The third-order valence-electron chi connectivity index (χ3n) is 16.6. The second kappa shape index (κ2) is 13.6. The van der Waals surface area contributed by atoms with Crippen LogP contribution in [0, 0.1) is 58.8 Å². The molecule has 4 heterocycles. The fourth-order valence-corrected chi connectivity index (χ4v) is 13.8. The van der Waals surface area contributed by atoms with Crippen molar-refractivity contribution in [2.45, 2.75) is 135 Å². The van der Waals surface area contributed by atoms with Crippen molar-refractivity contribution in [2.24, 2.45) is 52.3 Å². The molecule has 50 heavy (non-hydrogen) atoms. The van der Waals surface area contributed by atoms with Crippen LogP contribution in [0.25, 0.3) is 4.85 Å². The maximum atomic E-state index is 13.2. The Morgan fingerprint density at radius 2 is 1.62 bits per heavy atom. The number of fused-ring (bicyclic) bond motifs is 7. The molecule has 278 valence electrons. The Hall–Kier alpha value is -1.73. The van der Waals surface area contributed by atoms with Gasteiger partial charge in [0.05, 0.1) is 12.7 Å². The average Bonchev–Trinajstić information content (AvgIpc) is 3.56. The Labute approximate surface area is 301 Å². The topological polar surface area (TPSA) is 78.7 Å². The van der Waals surface area contributed by atoms with Crippen LogP contribution >= 0.6 is 0 Å². The van der Waals surface area contributed by atoms with Crippen molar-refractivity contribution in [3.8, 4) is 0 Å². The van der Waals surface area contributed by atoms with Crippen molar-refractivity contribution >= 4 is 11.8 Å². The number of carbonyl (C=O) groups excluding carboxylic acids is 2. The zero-order chi connectivity index (χ0) is 34.8. The van der Waals surface area contributed by atoms with Crippen molar-refractivity contribution in [3.63, 3.8) is 0 Å². The van der Waals surface area contributed by atoms with Gasteiger partial charge in [-0.15, -0.1) is 0 Å². The molecular weight excluding hydrogens is 626 g/mol. The highest BCUT2D eigenvalue weighted by Crippen LogP contribution is 2.71. The third kappa shape index (κ3) is 6.04. The highest BCUT2D eigenvalue weighted by atomic mass is 16.7. The lowest BCUT2D eigenvalue weighted by Gasteiger charge is -2.61. The summed E-state index contributed by atoms with van der Waals surface area (Å²) >= 11 is 0. The van der Waals surface area contributed by atoms with Gasteiger partial charge in [-0.25, -0.2) is 11.5 Å². The highest BCUT2D eigenvalue weighted by Gasteiger charge is 2.69. The highest BCUT2D eigenvalue weighted by molar-refractivity contribution is 5.97. The number of nitrogens with zero attached hydrogens (tertiary/aromatic N) is 4. The monoisotopic (exact) mass is 692 g/mol. The molecule has 1 spiro atoms. The van der Waals surface area contributed by atoms with E-state index in [0.717, 1.165) is 82.6 Å². The molecule has 0 aromatic carbocycles. The van der Waals surface area contributed by atoms with Crippen molar-refractivity contribution in [3.05, 3.63) is 11.4 Å². The second-order valence-corrected chi connectivity index (χ2v) is 19.0. The Balaban J connectivity index is 0.813. The van der Waals surface area contributed by atoms with Crippen LogP contribution in [0.3, 0.4) is 0 Å². The summed E-state index contributed by atoms with van der Waals surface area (Å²) in [6, 6.07) is 0.741. The summed E-state index contributed by atoms with van der Waals surface area (Å²) in [5.41, 5.74) is 0.703. The standard InChI is InChI=1S/C41H65N5O4/c1-27-8-15-41(49-25-27)28(2)38-35(50-41)23-34-32-7-6-29-22-30(9-13-39(29,3)33(32)10-14-40(34,38)4)43-36(47)24-37(48)46-20-18-45(19-21-46)31-11-16-44(17-12-31)26-42-5/h27-35,38H,6-26H2,1-4H3,(H,43,47)/t27-,28+,29-,30+,32-,33?,34+,35+,38+,39+,40+,41-/m1/s1. The SMILES string of the molecule is [C-]#[N+]CN1CCC(N2CCN(C(=O)CC(=O)N[C@H]3CC[C@]4(C)C5CC[C@]6(C)[C@@H]7[C@H](C[C@H]6[C@@H]5CC[C@@H]4C3)O[C@]3(CC[C@@H](C)CO3)[C@H]7C)CC2)CC1. The van der Waals surface area contributed by atoms with Crippen LogP contribution < -0.4 is 5.32 Å². The molecule has 1 unspecified atom stereocenters. The van der Waals surface area contributed by atoms with Crippen molar-refractivity contribution in [2.75, 3.05) is 52.5 Å². The quantitative estimate of drug-likeness (QED) is 0.291. The summed E-state index contributed by atoms with van der Waals surface area (Å²) in [4.78, 5) is 36.6. The van der Waals surface area contributed by atoms with Crippen molar-refractivity contribution in [1.29, 1.82) is 0 Å². The van der Waals surface area contributed by atoms with E-state index in [1.165, 1.54) is 44.9 Å². The molecule has 1 N–H and O–H groups in total. The molecule has 9 nitrogen and oxygen atoms in total. The van der Waals surface area contributed by atoms with Gasteiger partial charge in [-0.2, -0.15) is 0 Å². The first-order chi connectivity index (χ1) is 24.0. The van der Waals surface area contributed by atoms with Crippen LogP contribution in [-0.2, 0) is 19.1 Å². The summed E-state index contributed by atoms with van der Waals surface area (Å²) in [6.45, 7) is 23.6. The van der Waals surface area contributed by atoms with Crippen LogP contribution in [0.4, 0.5) is 0 Å². The zero-order valence-electron chi connectivity index (χ0n) is 31.5. The predicted molar refractivity (Wildman–Crippen MR) is 192 cm³/mol. The number of piperidine rings is 1. The molecule has 8 aliphatic rings. The molecule has 8 rings (SSSR count). The van der Waals surface area contributed by atoms with Crippen LogP contribution in [0.5, 0.6) is 0 Å². The fraction of sp³-hybridized carbons (Fsp3) is 0.927. The van der Waals surface area contributed by atoms with Crippen LogP contribution in [-0.4, -0.2) is 103 Å². The Kier molecular flexibility index (Phi) is 9.60. The molecule has 0 aromatic heterocycles. The number of hydrogen-bond donors (Lipinski definition) is 1. The fourth-order valence-electron chi connectivity index (χ4n) is 13.8. The maximum Gasteiger partial charge on any atom is 0.270 e. The number of ether oxygens (including phenoxy) is 2. The Morgan fingerprint density at radius 3 is 2.34 bits per heavy atom. The number of hydrogen-bond acceptors (Lipinski definition) is 6.